The van der Waals surface area contributed by atoms with Gasteiger partial charge >= 0.3 is 5.97 Å². The second-order valence-electron chi connectivity index (χ2n) is 3.60. The number of nitro benzene ring substituents is 1. The average Bonchev–Trinajstić information content (AvgIpc) is 2.86. The lowest BCUT2D eigenvalue weighted by Crippen LogP contribution is -2.25. The highest BCUT2D eigenvalue weighted by Gasteiger charge is 2.38. The summed E-state index contributed by atoms with van der Waals surface area (Å²) in [6.45, 7) is 0. The first-order chi connectivity index (χ1) is 8.65. The maximum absolute atomic E-state index is 11.5. The van der Waals surface area contributed by atoms with E-state index in [9.17, 15) is 14.9 Å². The monoisotopic (exact) mass is 250 g/mol. The number of hydrogen-bond donors (Lipinski definition) is 0. The maximum atomic E-state index is 11.5. The molecule has 1 aliphatic heterocycles. The van der Waals surface area contributed by atoms with Crippen LogP contribution in [0.3, 0.4) is 0 Å². The van der Waals surface area contributed by atoms with Crippen molar-refractivity contribution in [2.24, 2.45) is 4.99 Å². The van der Waals surface area contributed by atoms with Crippen molar-refractivity contribution in [1.82, 2.24) is 0 Å². The number of nitro groups is 1. The smallest absolute Gasteiger partial charge is 0.335 e. The van der Waals surface area contributed by atoms with Gasteiger partial charge in [0.1, 0.15) is 0 Å². The lowest BCUT2D eigenvalue weighted by atomic mass is 10.0. The van der Waals surface area contributed by atoms with Crippen molar-refractivity contribution in [3.8, 4) is 0 Å². The third-order valence-corrected chi connectivity index (χ3v) is 2.60. The van der Waals surface area contributed by atoms with Crippen molar-refractivity contribution in [3.05, 3.63) is 39.9 Å². The Morgan fingerprint density at radius 2 is 2.22 bits per heavy atom. The maximum Gasteiger partial charge on any atom is 0.335 e. The molecule has 0 aliphatic carbocycles. The van der Waals surface area contributed by atoms with Crippen LogP contribution >= 0.6 is 0 Å². The molecule has 7 nitrogen and oxygen atoms in total. The van der Waals surface area contributed by atoms with E-state index in [1.54, 1.807) is 12.1 Å². The number of aliphatic imine (C=N–C) groups is 1. The molecular formula is C11H10N2O5. The zero-order valence-corrected chi connectivity index (χ0v) is 9.48. The summed E-state index contributed by atoms with van der Waals surface area (Å²) in [7, 11) is 1.23. The van der Waals surface area contributed by atoms with E-state index in [0.29, 0.717) is 5.56 Å². The largest absolute Gasteiger partial charge is 0.472 e. The van der Waals surface area contributed by atoms with Crippen molar-refractivity contribution in [2.75, 3.05) is 7.11 Å². The summed E-state index contributed by atoms with van der Waals surface area (Å²) < 4.78 is 9.75. The molecule has 18 heavy (non-hydrogen) atoms. The molecule has 0 unspecified atom stereocenters. The molecule has 1 aromatic rings. The Kier molecular flexibility index (Phi) is 3.22. The number of esters is 1. The lowest BCUT2D eigenvalue weighted by molar-refractivity contribution is -0.386. The van der Waals surface area contributed by atoms with Gasteiger partial charge in [-0.25, -0.2) is 9.79 Å². The van der Waals surface area contributed by atoms with Crippen molar-refractivity contribution in [1.29, 1.82) is 0 Å². The normalized spacial score (nSPS) is 21.4. The Balaban J connectivity index is 2.37. The number of hydrogen-bond acceptors (Lipinski definition) is 6. The molecule has 0 bridgehead atoms. The van der Waals surface area contributed by atoms with E-state index >= 15 is 0 Å². The molecule has 2 atom stereocenters. The van der Waals surface area contributed by atoms with Crippen LogP contribution in [-0.2, 0) is 14.3 Å². The van der Waals surface area contributed by atoms with Crippen molar-refractivity contribution in [2.45, 2.75) is 12.1 Å². The standard InChI is InChI=1S/C11H10N2O5/c1-17-11(14)9-10(18-6-12-9)7-4-2-3-5-8(7)13(15)16/h2-6,9-10H,1H3/t9-,10+/m0/s1. The highest BCUT2D eigenvalue weighted by Crippen LogP contribution is 2.33. The Hall–Kier alpha value is -2.44. The molecule has 0 fully saturated rings. The van der Waals surface area contributed by atoms with Crippen molar-refractivity contribution >= 4 is 18.1 Å². The van der Waals surface area contributed by atoms with Gasteiger partial charge in [0, 0.05) is 6.07 Å². The summed E-state index contributed by atoms with van der Waals surface area (Å²) in [5.74, 6) is -0.591. The molecule has 7 heteroatoms. The Labute approximate surface area is 102 Å². The van der Waals surface area contributed by atoms with Crippen LogP contribution in [0.25, 0.3) is 0 Å². The van der Waals surface area contributed by atoms with Gasteiger partial charge in [0.2, 0.25) is 0 Å². The van der Waals surface area contributed by atoms with E-state index in [0.717, 1.165) is 6.40 Å². The fraction of sp³-hybridized carbons (Fsp3) is 0.273. The van der Waals surface area contributed by atoms with Gasteiger partial charge in [0.15, 0.2) is 18.5 Å². The number of para-hydroxylation sites is 1. The number of nitrogens with zero attached hydrogens (tertiary/aromatic N) is 2. The molecule has 0 amide bonds. The molecule has 1 aromatic carbocycles. The van der Waals surface area contributed by atoms with E-state index in [4.69, 9.17) is 4.74 Å². The zero-order valence-electron chi connectivity index (χ0n) is 9.48. The average molecular weight is 250 g/mol. The van der Waals surface area contributed by atoms with Crippen LogP contribution in [0.15, 0.2) is 29.3 Å². The minimum absolute atomic E-state index is 0.109. The fourth-order valence-corrected chi connectivity index (χ4v) is 1.76. The molecule has 1 aliphatic rings. The predicted molar refractivity (Wildman–Crippen MR) is 61.2 cm³/mol. The van der Waals surface area contributed by atoms with Crippen LogP contribution in [0.2, 0.25) is 0 Å². The summed E-state index contributed by atoms with van der Waals surface area (Å²) in [4.78, 5) is 25.7. The van der Waals surface area contributed by atoms with Gasteiger partial charge in [-0.15, -0.1) is 0 Å². The fourth-order valence-electron chi connectivity index (χ4n) is 1.76. The molecule has 0 saturated carbocycles. The van der Waals surface area contributed by atoms with Crippen LogP contribution in [0.1, 0.15) is 11.7 Å². The number of benzene rings is 1. The summed E-state index contributed by atoms with van der Waals surface area (Å²) in [6, 6.07) is 5.16. The van der Waals surface area contributed by atoms with Gasteiger partial charge in [-0.2, -0.15) is 0 Å². The van der Waals surface area contributed by atoms with Gasteiger partial charge in [-0.05, 0) is 6.07 Å². The minimum atomic E-state index is -0.906. The SMILES string of the molecule is COC(=O)[C@H]1N=CO[C@@H]1c1ccccc1[N+](=O)[O-]. The van der Waals surface area contributed by atoms with Gasteiger partial charge in [0.25, 0.3) is 5.69 Å². The molecule has 94 valence electrons. The van der Waals surface area contributed by atoms with Gasteiger partial charge in [0.05, 0.1) is 17.6 Å². The lowest BCUT2D eigenvalue weighted by Gasteiger charge is -2.15. The van der Waals surface area contributed by atoms with Gasteiger partial charge < -0.3 is 9.47 Å². The summed E-state index contributed by atoms with van der Waals surface area (Å²) in [5.41, 5.74) is 0.192. The van der Waals surface area contributed by atoms with Gasteiger partial charge in [-0.1, -0.05) is 12.1 Å². The number of methoxy groups -OCH3 is 1. The van der Waals surface area contributed by atoms with Crippen LogP contribution in [0, 0.1) is 10.1 Å². The van der Waals surface area contributed by atoms with E-state index in [-0.39, 0.29) is 5.69 Å². The summed E-state index contributed by atoms with van der Waals surface area (Å²) in [5, 5.41) is 10.9. The predicted octanol–water partition coefficient (Wildman–Crippen LogP) is 1.24. The molecule has 2 rings (SSSR count). The number of carbonyl (C=O) groups is 1. The third-order valence-electron chi connectivity index (χ3n) is 2.60. The molecule has 0 aromatic heterocycles. The molecule has 1 heterocycles. The van der Waals surface area contributed by atoms with E-state index in [1.807, 2.05) is 0 Å². The van der Waals surface area contributed by atoms with Crippen LogP contribution in [-0.4, -0.2) is 30.4 Å². The van der Waals surface area contributed by atoms with Crippen LogP contribution in [0.4, 0.5) is 5.69 Å². The van der Waals surface area contributed by atoms with E-state index < -0.39 is 23.0 Å². The van der Waals surface area contributed by atoms with E-state index in [1.165, 1.54) is 19.2 Å². The number of carbonyl (C=O) groups excluding carboxylic acids is 1. The van der Waals surface area contributed by atoms with E-state index in [2.05, 4.69) is 9.73 Å². The molecule has 0 N–H and O–H groups in total. The number of rotatable bonds is 3. The van der Waals surface area contributed by atoms with Gasteiger partial charge in [-0.3, -0.25) is 10.1 Å². The first-order valence-electron chi connectivity index (χ1n) is 5.13. The van der Waals surface area contributed by atoms with Crippen molar-refractivity contribution < 1.29 is 19.2 Å². The zero-order chi connectivity index (χ0) is 13.1. The van der Waals surface area contributed by atoms with Crippen molar-refractivity contribution in [3.63, 3.8) is 0 Å². The highest BCUT2D eigenvalue weighted by atomic mass is 16.6. The Morgan fingerprint density at radius 3 is 2.89 bits per heavy atom. The first kappa shape index (κ1) is 12.0. The van der Waals surface area contributed by atoms with Crippen LogP contribution < -0.4 is 0 Å². The highest BCUT2D eigenvalue weighted by molar-refractivity contribution is 5.80. The summed E-state index contributed by atoms with van der Waals surface area (Å²) >= 11 is 0. The molecule has 0 saturated heterocycles. The quantitative estimate of drug-likeness (QED) is 0.457. The first-order valence-corrected chi connectivity index (χ1v) is 5.13. The Bertz CT molecular complexity index is 514. The molecule has 0 spiro atoms. The Morgan fingerprint density at radius 1 is 1.50 bits per heavy atom. The third kappa shape index (κ3) is 2.02. The molecule has 0 radical (unpaired) electrons. The van der Waals surface area contributed by atoms with Crippen LogP contribution in [0.5, 0.6) is 0 Å². The minimum Gasteiger partial charge on any atom is -0.472 e. The topological polar surface area (TPSA) is 91.0 Å². The number of ether oxygens (including phenoxy) is 2. The second kappa shape index (κ2) is 4.82. The summed E-state index contributed by atoms with van der Waals surface area (Å²) in [6.07, 6.45) is 0.294. The second-order valence-corrected chi connectivity index (χ2v) is 3.60. The molecular weight excluding hydrogens is 240 g/mol.